The zero-order valence-electron chi connectivity index (χ0n) is 10.1. The molecule has 0 aromatic heterocycles. The minimum atomic E-state index is 0.258. The summed E-state index contributed by atoms with van der Waals surface area (Å²) in [4.78, 5) is 2.81. The van der Waals surface area contributed by atoms with Crippen molar-refractivity contribution in [1.29, 1.82) is 0 Å². The van der Waals surface area contributed by atoms with Crippen molar-refractivity contribution in [2.24, 2.45) is 5.92 Å². The Morgan fingerprint density at radius 1 is 1.13 bits per heavy atom. The Morgan fingerprint density at radius 2 is 1.93 bits per heavy atom. The maximum absolute atomic E-state index is 3.68. The highest BCUT2D eigenvalue weighted by Crippen LogP contribution is 2.43. The van der Waals surface area contributed by atoms with Crippen molar-refractivity contribution >= 4 is 0 Å². The summed E-state index contributed by atoms with van der Waals surface area (Å²) in [6.45, 7) is 5.94. The van der Waals surface area contributed by atoms with Crippen molar-refractivity contribution < 1.29 is 0 Å². The van der Waals surface area contributed by atoms with Crippen LogP contribution in [-0.4, -0.2) is 29.2 Å². The van der Waals surface area contributed by atoms with E-state index in [4.69, 9.17) is 0 Å². The first-order chi connectivity index (χ1) is 7.18. The van der Waals surface area contributed by atoms with E-state index in [2.05, 4.69) is 24.1 Å². The Bertz CT molecular complexity index is 249. The highest BCUT2D eigenvalue weighted by atomic mass is 15.4. The van der Waals surface area contributed by atoms with Gasteiger partial charge in [-0.25, -0.2) is 0 Å². The van der Waals surface area contributed by atoms with Crippen LogP contribution >= 0.6 is 0 Å². The van der Waals surface area contributed by atoms with Gasteiger partial charge in [-0.1, -0.05) is 19.3 Å². The van der Waals surface area contributed by atoms with Gasteiger partial charge in [0, 0.05) is 18.6 Å². The minimum absolute atomic E-state index is 0.258. The standard InChI is InChI=1S/C13H24N2/c1-13(2)14-9-11-8-10-6-4-3-5-7-12(10)15(11)13/h10-12,14H,3-9H2,1-2H3/t10-,11-,12+/m0/s1. The number of rotatable bonds is 0. The number of fused-ring (bicyclic) bond motifs is 3. The molecule has 0 unspecified atom stereocenters. The molecule has 0 bridgehead atoms. The van der Waals surface area contributed by atoms with E-state index in [0.717, 1.165) is 18.0 Å². The predicted octanol–water partition coefficient (Wildman–Crippen LogP) is 2.35. The molecule has 3 aliphatic rings. The lowest BCUT2D eigenvalue weighted by molar-refractivity contribution is 0.0874. The smallest absolute Gasteiger partial charge is 0.0660 e. The van der Waals surface area contributed by atoms with Crippen molar-refractivity contribution in [2.45, 2.75) is 70.1 Å². The first kappa shape index (κ1) is 10.1. The van der Waals surface area contributed by atoms with Gasteiger partial charge in [0.2, 0.25) is 0 Å². The molecule has 0 spiro atoms. The van der Waals surface area contributed by atoms with Crippen molar-refractivity contribution in [3.63, 3.8) is 0 Å². The van der Waals surface area contributed by atoms with Crippen LogP contribution in [-0.2, 0) is 0 Å². The van der Waals surface area contributed by atoms with Gasteiger partial charge in [0.15, 0.2) is 0 Å². The van der Waals surface area contributed by atoms with Gasteiger partial charge in [0.25, 0.3) is 0 Å². The van der Waals surface area contributed by atoms with E-state index in [1.54, 1.807) is 0 Å². The van der Waals surface area contributed by atoms with Crippen molar-refractivity contribution in [3.8, 4) is 0 Å². The predicted molar refractivity (Wildman–Crippen MR) is 62.7 cm³/mol. The Kier molecular flexibility index (Phi) is 2.33. The Balaban J connectivity index is 1.84. The third-order valence-corrected chi connectivity index (χ3v) is 4.86. The van der Waals surface area contributed by atoms with E-state index < -0.39 is 0 Å². The third kappa shape index (κ3) is 1.53. The number of nitrogens with zero attached hydrogens (tertiary/aromatic N) is 1. The van der Waals surface area contributed by atoms with Gasteiger partial charge in [-0.05, 0) is 39.0 Å². The maximum atomic E-state index is 3.68. The summed E-state index contributed by atoms with van der Waals surface area (Å²) >= 11 is 0. The van der Waals surface area contributed by atoms with Crippen LogP contribution in [0.4, 0.5) is 0 Å². The van der Waals surface area contributed by atoms with Crippen LogP contribution in [0.25, 0.3) is 0 Å². The molecule has 1 saturated carbocycles. The van der Waals surface area contributed by atoms with E-state index in [9.17, 15) is 0 Å². The second-order valence-electron chi connectivity index (χ2n) is 6.20. The van der Waals surface area contributed by atoms with E-state index in [-0.39, 0.29) is 5.66 Å². The van der Waals surface area contributed by atoms with E-state index in [0.29, 0.717) is 0 Å². The van der Waals surface area contributed by atoms with E-state index in [1.807, 2.05) is 0 Å². The zero-order chi connectivity index (χ0) is 10.5. The van der Waals surface area contributed by atoms with Crippen LogP contribution < -0.4 is 5.32 Å². The number of hydrogen-bond donors (Lipinski definition) is 1. The topological polar surface area (TPSA) is 15.3 Å². The fraction of sp³-hybridized carbons (Fsp3) is 1.00. The summed E-state index contributed by atoms with van der Waals surface area (Å²) in [7, 11) is 0. The summed E-state index contributed by atoms with van der Waals surface area (Å²) < 4.78 is 0. The average molecular weight is 208 g/mol. The van der Waals surface area contributed by atoms with Crippen LogP contribution in [0.5, 0.6) is 0 Å². The Morgan fingerprint density at radius 3 is 2.80 bits per heavy atom. The average Bonchev–Trinajstić information content (AvgIpc) is 2.58. The van der Waals surface area contributed by atoms with Crippen molar-refractivity contribution in [3.05, 3.63) is 0 Å². The number of hydrogen-bond acceptors (Lipinski definition) is 2. The normalized spacial score (nSPS) is 44.8. The van der Waals surface area contributed by atoms with Gasteiger partial charge in [0.05, 0.1) is 5.66 Å². The molecule has 1 N–H and O–H groups in total. The molecule has 3 rings (SSSR count). The molecule has 2 heterocycles. The molecular weight excluding hydrogens is 184 g/mol. The second kappa shape index (κ2) is 3.46. The first-order valence-corrected chi connectivity index (χ1v) is 6.72. The van der Waals surface area contributed by atoms with E-state index >= 15 is 0 Å². The van der Waals surface area contributed by atoms with Crippen molar-refractivity contribution in [1.82, 2.24) is 10.2 Å². The van der Waals surface area contributed by atoms with Crippen LogP contribution in [0, 0.1) is 5.92 Å². The summed E-state index contributed by atoms with van der Waals surface area (Å²) in [5.74, 6) is 1.01. The van der Waals surface area contributed by atoms with Crippen molar-refractivity contribution in [2.75, 3.05) is 6.54 Å². The Hall–Kier alpha value is -0.0800. The molecule has 2 heteroatoms. The minimum Gasteiger partial charge on any atom is -0.298 e. The monoisotopic (exact) mass is 208 g/mol. The van der Waals surface area contributed by atoms with Crippen LogP contribution in [0.3, 0.4) is 0 Å². The molecule has 0 aromatic rings. The lowest BCUT2D eigenvalue weighted by Gasteiger charge is -2.37. The van der Waals surface area contributed by atoms with Gasteiger partial charge in [-0.3, -0.25) is 10.2 Å². The summed E-state index contributed by atoms with van der Waals surface area (Å²) in [5, 5.41) is 3.68. The fourth-order valence-electron chi connectivity index (χ4n) is 4.25. The van der Waals surface area contributed by atoms with E-state index in [1.165, 1.54) is 45.1 Å². The number of nitrogens with one attached hydrogen (secondary N) is 1. The molecular formula is C13H24N2. The maximum Gasteiger partial charge on any atom is 0.0660 e. The molecule has 3 fully saturated rings. The molecule has 0 amide bonds. The second-order valence-corrected chi connectivity index (χ2v) is 6.20. The lowest BCUT2D eigenvalue weighted by atomic mass is 9.93. The highest BCUT2D eigenvalue weighted by molar-refractivity contribution is 5.05. The summed E-state index contributed by atoms with van der Waals surface area (Å²) in [5.41, 5.74) is 0.258. The molecule has 0 radical (unpaired) electrons. The SMILES string of the molecule is CC1(C)NC[C@@H]2C[C@@H]3CCCCC[C@H]3N21. The zero-order valence-corrected chi connectivity index (χ0v) is 10.1. The molecule has 2 nitrogen and oxygen atoms in total. The van der Waals surface area contributed by atoms with Crippen LogP contribution in [0.1, 0.15) is 52.4 Å². The molecule has 1 aliphatic carbocycles. The molecule has 2 aliphatic heterocycles. The summed E-state index contributed by atoms with van der Waals surface area (Å²) in [6.07, 6.45) is 8.82. The largest absolute Gasteiger partial charge is 0.298 e. The Labute approximate surface area is 93.4 Å². The summed E-state index contributed by atoms with van der Waals surface area (Å²) in [6, 6.07) is 1.73. The molecule has 2 saturated heterocycles. The third-order valence-electron chi connectivity index (χ3n) is 4.86. The van der Waals surface area contributed by atoms with Gasteiger partial charge in [-0.2, -0.15) is 0 Å². The van der Waals surface area contributed by atoms with Gasteiger partial charge in [-0.15, -0.1) is 0 Å². The lowest BCUT2D eigenvalue weighted by Crippen LogP contribution is -2.51. The quantitative estimate of drug-likeness (QED) is 0.657. The first-order valence-electron chi connectivity index (χ1n) is 6.72. The van der Waals surface area contributed by atoms with Crippen LogP contribution in [0.15, 0.2) is 0 Å². The van der Waals surface area contributed by atoms with Gasteiger partial charge in [0.1, 0.15) is 0 Å². The van der Waals surface area contributed by atoms with Gasteiger partial charge < -0.3 is 0 Å². The van der Waals surface area contributed by atoms with Gasteiger partial charge >= 0.3 is 0 Å². The molecule has 0 aromatic carbocycles. The molecule has 3 atom stereocenters. The fourth-order valence-corrected chi connectivity index (χ4v) is 4.25. The molecule has 15 heavy (non-hydrogen) atoms. The van der Waals surface area contributed by atoms with Crippen LogP contribution in [0.2, 0.25) is 0 Å². The molecule has 86 valence electrons. The highest BCUT2D eigenvalue weighted by Gasteiger charge is 2.50.